The van der Waals surface area contributed by atoms with E-state index in [0.29, 0.717) is 64.4 Å². The highest BCUT2D eigenvalue weighted by atomic mass is 16.7. The molecule has 3 aromatic rings. The third kappa shape index (κ3) is 9.19. The summed E-state index contributed by atoms with van der Waals surface area (Å²) < 4.78 is 6.08. The molecule has 1 saturated heterocycles. The van der Waals surface area contributed by atoms with Crippen molar-refractivity contribution in [3.63, 3.8) is 0 Å². The summed E-state index contributed by atoms with van der Waals surface area (Å²) in [7, 11) is 7.24. The topological polar surface area (TPSA) is 170 Å². The van der Waals surface area contributed by atoms with Gasteiger partial charge in [0.25, 0.3) is 5.91 Å². The number of hydrogen-bond donors (Lipinski definition) is 5. The number of methoxy groups -OCH3 is 1. The Kier molecular flexibility index (Phi) is 13.5. The summed E-state index contributed by atoms with van der Waals surface area (Å²) >= 11 is 0. The van der Waals surface area contributed by atoms with E-state index in [1.54, 1.807) is 36.3 Å². The molecular weight excluding hydrogens is 737 g/mol. The smallest absolute Gasteiger partial charge is 0.251 e. The quantitative estimate of drug-likeness (QED) is 0.136. The van der Waals surface area contributed by atoms with Crippen molar-refractivity contribution < 1.29 is 34.2 Å². The zero-order valence-corrected chi connectivity index (χ0v) is 35.0. The van der Waals surface area contributed by atoms with Gasteiger partial charge in [-0.1, -0.05) is 69.3 Å². The van der Waals surface area contributed by atoms with E-state index in [0.717, 1.165) is 12.0 Å². The van der Waals surface area contributed by atoms with Crippen LogP contribution in [0.1, 0.15) is 55.1 Å². The Morgan fingerprint density at radius 2 is 1.76 bits per heavy atom. The Morgan fingerprint density at radius 1 is 1.02 bits per heavy atom. The van der Waals surface area contributed by atoms with E-state index in [-0.39, 0.29) is 55.6 Å². The molecule has 7 rings (SSSR count). The van der Waals surface area contributed by atoms with Gasteiger partial charge in [-0.05, 0) is 85.9 Å². The molecule has 314 valence electrons. The van der Waals surface area contributed by atoms with Gasteiger partial charge in [-0.25, -0.2) is 0 Å². The molecule has 0 radical (unpaired) electrons. The van der Waals surface area contributed by atoms with Crippen LogP contribution in [0.3, 0.4) is 0 Å². The summed E-state index contributed by atoms with van der Waals surface area (Å²) in [6.07, 6.45) is 1.95. The zero-order chi connectivity index (χ0) is 41.9. The number of ether oxygens (including phenoxy) is 1. The molecule has 4 aliphatic rings. The second-order valence-corrected chi connectivity index (χ2v) is 17.5. The molecule has 1 unspecified atom stereocenters. The van der Waals surface area contributed by atoms with Crippen molar-refractivity contribution >= 4 is 23.4 Å². The lowest BCUT2D eigenvalue weighted by Gasteiger charge is -2.62. The number of hydroxylamine groups is 2. The first kappa shape index (κ1) is 43.1. The number of para-hydroxylation sites is 1. The number of nitrogens with one attached hydrogen (secondary N) is 2. The number of likely N-dealkylation sites (N-methyl/N-ethyl adjacent to an activating group) is 2. The number of aliphatic hydroxyl groups is 2. The summed E-state index contributed by atoms with van der Waals surface area (Å²) in [5.41, 5.74) is 9.99. The number of benzene rings is 3. The fourth-order valence-electron chi connectivity index (χ4n) is 9.75. The molecule has 6 N–H and O–H groups in total. The molecule has 1 aliphatic heterocycles. The largest absolute Gasteiger partial charge is 0.496 e. The lowest BCUT2D eigenvalue weighted by Crippen LogP contribution is -2.62. The molecule has 1 heterocycles. The maximum absolute atomic E-state index is 14.2. The van der Waals surface area contributed by atoms with Crippen LogP contribution >= 0.6 is 0 Å². The van der Waals surface area contributed by atoms with E-state index in [2.05, 4.69) is 31.4 Å². The highest BCUT2D eigenvalue weighted by Gasteiger charge is 2.57. The molecule has 0 spiro atoms. The second-order valence-electron chi connectivity index (χ2n) is 17.5. The monoisotopic (exact) mass is 798 g/mol. The third-order valence-electron chi connectivity index (χ3n) is 13.0. The Bertz CT molecular complexity index is 1920. The molecule has 4 fully saturated rings. The van der Waals surface area contributed by atoms with Gasteiger partial charge in [0, 0.05) is 54.0 Å². The summed E-state index contributed by atoms with van der Waals surface area (Å²) in [4.78, 5) is 50.3. The number of anilines is 1. The first-order valence-electron chi connectivity index (χ1n) is 20.4. The van der Waals surface area contributed by atoms with Crippen molar-refractivity contribution in [3.8, 4) is 16.9 Å². The first-order chi connectivity index (χ1) is 27.6. The van der Waals surface area contributed by atoms with Gasteiger partial charge in [0.05, 0.1) is 33.4 Å². The number of nitrogens with two attached hydrogens (primary N) is 1. The summed E-state index contributed by atoms with van der Waals surface area (Å²) in [5, 5.41) is 28.9. The summed E-state index contributed by atoms with van der Waals surface area (Å²) in [5.74, 6) is 0.219. The number of nitrogens with zero attached hydrogens (tertiary/aromatic N) is 3. The van der Waals surface area contributed by atoms with Crippen LogP contribution in [0, 0.1) is 29.1 Å². The van der Waals surface area contributed by atoms with E-state index in [9.17, 15) is 24.6 Å². The Morgan fingerprint density at radius 3 is 2.38 bits per heavy atom. The van der Waals surface area contributed by atoms with Gasteiger partial charge in [0.2, 0.25) is 11.8 Å². The Labute approximate surface area is 342 Å². The highest BCUT2D eigenvalue weighted by molar-refractivity contribution is 5.97. The van der Waals surface area contributed by atoms with Crippen molar-refractivity contribution in [3.05, 3.63) is 83.4 Å². The molecule has 8 atom stereocenters. The maximum atomic E-state index is 14.2. The van der Waals surface area contributed by atoms with Crippen LogP contribution in [-0.4, -0.2) is 117 Å². The van der Waals surface area contributed by atoms with Gasteiger partial charge in [-0.2, -0.15) is 5.06 Å². The minimum Gasteiger partial charge on any atom is -0.496 e. The first-order valence-corrected chi connectivity index (χ1v) is 20.4. The minimum absolute atomic E-state index is 0.0133. The van der Waals surface area contributed by atoms with Crippen molar-refractivity contribution in [2.24, 2.45) is 34.8 Å². The fraction of sp³-hybridized carbons (Fsp3) is 0.533. The van der Waals surface area contributed by atoms with Gasteiger partial charge in [0.1, 0.15) is 17.9 Å². The van der Waals surface area contributed by atoms with E-state index in [1.165, 1.54) is 6.42 Å². The van der Waals surface area contributed by atoms with Crippen LogP contribution in [0.2, 0.25) is 0 Å². The molecule has 2 bridgehead atoms. The molecule has 13 nitrogen and oxygen atoms in total. The summed E-state index contributed by atoms with van der Waals surface area (Å²) in [6.45, 7) is 6.82. The van der Waals surface area contributed by atoms with Crippen molar-refractivity contribution in [1.82, 2.24) is 20.6 Å². The van der Waals surface area contributed by atoms with Gasteiger partial charge in [0.15, 0.2) is 0 Å². The van der Waals surface area contributed by atoms with Crippen LogP contribution in [0.15, 0.2) is 66.7 Å². The second kappa shape index (κ2) is 18.2. The van der Waals surface area contributed by atoms with Crippen molar-refractivity contribution in [1.29, 1.82) is 0 Å². The van der Waals surface area contributed by atoms with E-state index in [1.807, 2.05) is 73.6 Å². The minimum atomic E-state index is -0.860. The standard InChI is InChI=1S/C45H62N6O7/c1-27-37-20-32(45(37,2)3)21-38(27)48-44(56)41-36(25-52)39(26-53)58-51(41)22-29-14-11-15-35(42(29)57-7)30-17-31(19-34(18-30)50(6)24-40(46)54)43(55)47-33(23-49(4)5)16-28-12-9-8-10-13-28/h8-15,17-19,27,32-33,36-39,41,52-53H,16,20-26H2,1-7H3,(H2,46,54)(H,47,55)(H,48,56)/t27-,32+,33-,36?,37-,38-,39-,41-/m0/s1. The van der Waals surface area contributed by atoms with Gasteiger partial charge >= 0.3 is 0 Å². The number of hydrogen-bond acceptors (Lipinski definition) is 10. The Balaban J connectivity index is 1.30. The van der Waals surface area contributed by atoms with E-state index >= 15 is 0 Å². The van der Waals surface area contributed by atoms with Gasteiger partial charge in [-0.3, -0.25) is 19.2 Å². The molecule has 0 aromatic heterocycles. The molecule has 3 aromatic carbocycles. The molecular formula is C45H62N6O7. The number of carbonyl (C=O) groups is 3. The van der Waals surface area contributed by atoms with Gasteiger partial charge < -0.3 is 41.1 Å². The number of primary amides is 1. The summed E-state index contributed by atoms with van der Waals surface area (Å²) in [6, 6.07) is 20.1. The molecule has 3 aliphatic carbocycles. The number of carbonyl (C=O) groups excluding carboxylic acids is 3. The molecule has 58 heavy (non-hydrogen) atoms. The SMILES string of the molecule is COc1c(CN2O[C@@H](CO)C(CO)[C@H]2C(=O)N[C@H]2C[C@H]3C[C@@H]([C@@H]2C)C3(C)C)cccc1-c1cc(C(=O)N[C@@H](Cc2ccccc2)CN(C)C)cc(N(C)CC(N)=O)c1. The van der Waals surface area contributed by atoms with Crippen LogP contribution in [-0.2, 0) is 27.4 Å². The van der Waals surface area contributed by atoms with Crippen LogP contribution in [0.4, 0.5) is 5.69 Å². The number of amides is 3. The molecule has 3 amide bonds. The molecule has 3 saturated carbocycles. The number of fused-ring (bicyclic) bond motifs is 2. The average molecular weight is 799 g/mol. The average Bonchev–Trinajstić information content (AvgIpc) is 3.55. The predicted octanol–water partition coefficient (Wildman–Crippen LogP) is 3.46. The van der Waals surface area contributed by atoms with Gasteiger partial charge in [-0.15, -0.1) is 0 Å². The third-order valence-corrected chi connectivity index (χ3v) is 13.0. The van der Waals surface area contributed by atoms with Crippen LogP contribution in [0.25, 0.3) is 11.1 Å². The lowest BCUT2D eigenvalue weighted by molar-refractivity contribution is -0.183. The molecule has 13 heteroatoms. The number of aliphatic hydroxyl groups excluding tert-OH is 2. The number of rotatable bonds is 17. The normalized spacial score (nSPS) is 25.4. The van der Waals surface area contributed by atoms with Crippen LogP contribution in [0.5, 0.6) is 5.75 Å². The van der Waals surface area contributed by atoms with Crippen molar-refractivity contribution in [2.75, 3.05) is 59.5 Å². The fourth-order valence-corrected chi connectivity index (χ4v) is 9.75. The Hall–Kier alpha value is -4.53. The van der Waals surface area contributed by atoms with Crippen LogP contribution < -0.4 is 26.0 Å². The highest BCUT2D eigenvalue weighted by Crippen LogP contribution is 2.61. The lowest BCUT2D eigenvalue weighted by atomic mass is 9.45. The van der Waals surface area contributed by atoms with Crippen molar-refractivity contribution in [2.45, 2.75) is 70.8 Å². The van der Waals surface area contributed by atoms with E-state index < -0.39 is 24.0 Å². The van der Waals surface area contributed by atoms with E-state index in [4.69, 9.17) is 15.3 Å². The predicted molar refractivity (Wildman–Crippen MR) is 224 cm³/mol. The zero-order valence-electron chi connectivity index (χ0n) is 35.0. The maximum Gasteiger partial charge on any atom is 0.251 e.